The number of amides is 2. The number of alkyl halides is 3. The molecular weight excluding hydrogens is 449 g/mol. The van der Waals surface area contributed by atoms with Gasteiger partial charge in [-0.3, -0.25) is 19.3 Å². The first kappa shape index (κ1) is 23.5. The number of para-hydroxylation sites is 1. The van der Waals surface area contributed by atoms with Crippen LogP contribution in [-0.2, 0) is 27.5 Å². The lowest BCUT2D eigenvalue weighted by Gasteiger charge is -2.14. The normalized spacial score (nSPS) is 16.5. The smallest absolute Gasteiger partial charge is 0.353 e. The molecular formula is C20H21F3N4O4S. The predicted molar refractivity (Wildman–Crippen MR) is 110 cm³/mol. The fraction of sp³-hybridized carbons (Fsp3) is 0.350. The molecule has 2 aromatic rings. The monoisotopic (exact) mass is 470 g/mol. The Balaban J connectivity index is 1.61. The standard InChI is InChI=1S/C20H21F3N4O4S/c21-20(22,23)17-7-5-13(11-24-17)12-25-19(29)15-3-1-2-4-16(15)27-32(30,31)10-9-14-6-8-18(28)26-14/h1-5,7,11,14,27H,6,8-10,12H2,(H,25,29)(H,26,28)/t14-/m0/s1. The van der Waals surface area contributed by atoms with Crippen LogP contribution in [0.15, 0.2) is 42.6 Å². The molecule has 12 heteroatoms. The molecule has 172 valence electrons. The zero-order chi connectivity index (χ0) is 23.4. The Morgan fingerprint density at radius 1 is 1.19 bits per heavy atom. The van der Waals surface area contributed by atoms with Crippen molar-refractivity contribution in [2.24, 2.45) is 0 Å². The number of hydrogen-bond acceptors (Lipinski definition) is 5. The van der Waals surface area contributed by atoms with Gasteiger partial charge in [0.1, 0.15) is 5.69 Å². The van der Waals surface area contributed by atoms with Crippen LogP contribution in [0.3, 0.4) is 0 Å². The van der Waals surface area contributed by atoms with Gasteiger partial charge in [0.15, 0.2) is 0 Å². The summed E-state index contributed by atoms with van der Waals surface area (Å²) in [5.74, 6) is -0.942. The number of carbonyl (C=O) groups excluding carboxylic acids is 2. The summed E-state index contributed by atoms with van der Waals surface area (Å²) in [6.45, 7) is -0.0908. The molecule has 2 amide bonds. The number of benzene rings is 1. The molecule has 1 aromatic carbocycles. The van der Waals surface area contributed by atoms with Crippen molar-refractivity contribution in [3.8, 4) is 0 Å². The minimum Gasteiger partial charge on any atom is -0.353 e. The number of hydrogen-bond donors (Lipinski definition) is 3. The lowest BCUT2D eigenvalue weighted by Crippen LogP contribution is -2.29. The van der Waals surface area contributed by atoms with E-state index in [-0.39, 0.29) is 41.9 Å². The lowest BCUT2D eigenvalue weighted by atomic mass is 10.1. The molecule has 1 aliphatic rings. The van der Waals surface area contributed by atoms with E-state index in [0.717, 1.165) is 12.3 Å². The van der Waals surface area contributed by atoms with E-state index >= 15 is 0 Å². The summed E-state index contributed by atoms with van der Waals surface area (Å²) >= 11 is 0. The molecule has 0 spiro atoms. The van der Waals surface area contributed by atoms with Crippen LogP contribution < -0.4 is 15.4 Å². The first-order valence-electron chi connectivity index (χ1n) is 9.73. The quantitative estimate of drug-likeness (QED) is 0.548. The van der Waals surface area contributed by atoms with Gasteiger partial charge in [0.05, 0.1) is 17.0 Å². The summed E-state index contributed by atoms with van der Waals surface area (Å²) < 4.78 is 65.0. The van der Waals surface area contributed by atoms with Crippen molar-refractivity contribution in [3.63, 3.8) is 0 Å². The topological polar surface area (TPSA) is 117 Å². The van der Waals surface area contributed by atoms with Gasteiger partial charge in [-0.05, 0) is 36.6 Å². The van der Waals surface area contributed by atoms with E-state index < -0.39 is 27.8 Å². The van der Waals surface area contributed by atoms with Gasteiger partial charge in [-0.15, -0.1) is 0 Å². The fourth-order valence-electron chi connectivity index (χ4n) is 3.15. The maximum absolute atomic E-state index is 12.6. The molecule has 8 nitrogen and oxygen atoms in total. The predicted octanol–water partition coefficient (Wildman–Crippen LogP) is 2.44. The summed E-state index contributed by atoms with van der Waals surface area (Å²) in [7, 11) is -3.78. The second-order valence-corrected chi connectivity index (χ2v) is 9.13. The molecule has 1 fully saturated rings. The summed E-state index contributed by atoms with van der Waals surface area (Å²) in [4.78, 5) is 27.1. The fourth-order valence-corrected chi connectivity index (χ4v) is 4.36. The number of pyridine rings is 1. The molecule has 0 radical (unpaired) electrons. The Labute approximate surface area is 182 Å². The highest BCUT2D eigenvalue weighted by Gasteiger charge is 2.32. The molecule has 0 aliphatic carbocycles. The minimum atomic E-state index is -4.55. The molecule has 0 saturated carbocycles. The van der Waals surface area contributed by atoms with Crippen LogP contribution in [0, 0.1) is 0 Å². The van der Waals surface area contributed by atoms with Crippen LogP contribution in [0.1, 0.15) is 40.9 Å². The summed E-state index contributed by atoms with van der Waals surface area (Å²) in [6, 6.07) is 7.79. The van der Waals surface area contributed by atoms with Crippen molar-refractivity contribution in [2.45, 2.75) is 38.0 Å². The molecule has 3 N–H and O–H groups in total. The van der Waals surface area contributed by atoms with Crippen molar-refractivity contribution < 1.29 is 31.2 Å². The third-order valence-corrected chi connectivity index (χ3v) is 6.13. The second kappa shape index (κ2) is 9.55. The van der Waals surface area contributed by atoms with Gasteiger partial charge in [0, 0.05) is 25.2 Å². The second-order valence-electron chi connectivity index (χ2n) is 7.29. The van der Waals surface area contributed by atoms with Crippen LogP contribution in [0.4, 0.5) is 18.9 Å². The minimum absolute atomic E-state index is 0.0603. The van der Waals surface area contributed by atoms with E-state index in [1.54, 1.807) is 12.1 Å². The van der Waals surface area contributed by atoms with Crippen LogP contribution in [0.25, 0.3) is 0 Å². The number of sulfonamides is 1. The van der Waals surface area contributed by atoms with E-state index in [1.807, 2.05) is 0 Å². The van der Waals surface area contributed by atoms with Crippen molar-refractivity contribution in [2.75, 3.05) is 10.5 Å². The number of carbonyl (C=O) groups is 2. The molecule has 1 saturated heterocycles. The van der Waals surface area contributed by atoms with Crippen molar-refractivity contribution >= 4 is 27.5 Å². The highest BCUT2D eigenvalue weighted by Crippen LogP contribution is 2.27. The number of anilines is 1. The largest absolute Gasteiger partial charge is 0.433 e. The van der Waals surface area contributed by atoms with Crippen molar-refractivity contribution in [1.29, 1.82) is 0 Å². The maximum atomic E-state index is 12.6. The first-order chi connectivity index (χ1) is 15.0. The number of halogens is 3. The Kier molecular flexibility index (Phi) is 7.02. The Bertz CT molecular complexity index is 1090. The third kappa shape index (κ3) is 6.42. The van der Waals surface area contributed by atoms with Gasteiger partial charge in [0.25, 0.3) is 5.91 Å². The van der Waals surface area contributed by atoms with Gasteiger partial charge >= 0.3 is 6.18 Å². The van der Waals surface area contributed by atoms with Crippen LogP contribution in [0.2, 0.25) is 0 Å². The molecule has 32 heavy (non-hydrogen) atoms. The number of aromatic nitrogens is 1. The highest BCUT2D eigenvalue weighted by atomic mass is 32.2. The Morgan fingerprint density at radius 3 is 2.56 bits per heavy atom. The zero-order valence-electron chi connectivity index (χ0n) is 16.8. The average molecular weight is 470 g/mol. The first-order valence-corrected chi connectivity index (χ1v) is 11.4. The molecule has 2 heterocycles. The summed E-state index contributed by atoms with van der Waals surface area (Å²) in [6.07, 6.45) is -2.35. The van der Waals surface area contributed by atoms with Crippen LogP contribution in [0.5, 0.6) is 0 Å². The number of nitrogens with one attached hydrogen (secondary N) is 3. The van der Waals surface area contributed by atoms with Crippen LogP contribution in [-0.4, -0.2) is 37.0 Å². The Hall–Kier alpha value is -3.15. The lowest BCUT2D eigenvalue weighted by molar-refractivity contribution is -0.141. The molecule has 0 unspecified atom stereocenters. The van der Waals surface area contributed by atoms with Crippen molar-refractivity contribution in [3.05, 3.63) is 59.4 Å². The molecule has 0 bridgehead atoms. The molecule has 1 aliphatic heterocycles. The Morgan fingerprint density at radius 2 is 1.94 bits per heavy atom. The zero-order valence-corrected chi connectivity index (χ0v) is 17.6. The SMILES string of the molecule is O=C1CC[C@@H](CCS(=O)(=O)Nc2ccccc2C(=O)NCc2ccc(C(F)(F)F)nc2)N1. The highest BCUT2D eigenvalue weighted by molar-refractivity contribution is 7.92. The molecule has 1 aromatic heterocycles. The van der Waals surface area contributed by atoms with E-state index in [9.17, 15) is 31.2 Å². The van der Waals surface area contributed by atoms with Gasteiger partial charge in [-0.1, -0.05) is 18.2 Å². The van der Waals surface area contributed by atoms with Crippen molar-refractivity contribution in [1.82, 2.24) is 15.6 Å². The maximum Gasteiger partial charge on any atom is 0.433 e. The summed E-state index contributed by atoms with van der Waals surface area (Å²) in [5, 5.41) is 5.24. The van der Waals surface area contributed by atoms with E-state index in [4.69, 9.17) is 0 Å². The van der Waals surface area contributed by atoms with Gasteiger partial charge in [0.2, 0.25) is 15.9 Å². The molecule has 1 atom stereocenters. The average Bonchev–Trinajstić information content (AvgIpc) is 3.16. The van der Waals surface area contributed by atoms with E-state index in [2.05, 4.69) is 20.3 Å². The van der Waals surface area contributed by atoms with Gasteiger partial charge < -0.3 is 10.6 Å². The summed E-state index contributed by atoms with van der Waals surface area (Å²) in [5.41, 5.74) is -0.552. The number of nitrogens with zero attached hydrogens (tertiary/aromatic N) is 1. The third-order valence-electron chi connectivity index (χ3n) is 4.83. The molecule has 3 rings (SSSR count). The van der Waals surface area contributed by atoms with E-state index in [0.29, 0.717) is 18.4 Å². The number of rotatable bonds is 8. The van der Waals surface area contributed by atoms with Gasteiger partial charge in [-0.2, -0.15) is 13.2 Å². The van der Waals surface area contributed by atoms with Gasteiger partial charge in [-0.25, -0.2) is 8.42 Å². The van der Waals surface area contributed by atoms with Crippen LogP contribution >= 0.6 is 0 Å². The van der Waals surface area contributed by atoms with E-state index in [1.165, 1.54) is 18.2 Å².